The topological polar surface area (TPSA) is 77.5 Å². The van der Waals surface area contributed by atoms with E-state index in [1.807, 2.05) is 0 Å². The van der Waals surface area contributed by atoms with E-state index < -0.39 is 25.7 Å². The van der Waals surface area contributed by atoms with Crippen molar-refractivity contribution in [3.63, 3.8) is 0 Å². The maximum absolute atomic E-state index is 12.1. The highest BCUT2D eigenvalue weighted by Gasteiger charge is 2.13. The van der Waals surface area contributed by atoms with Gasteiger partial charge in [0.15, 0.2) is 9.84 Å². The molecule has 0 bridgehead atoms. The standard InChI is InChI=1S/C15H22O5S2/c1-5-20-15(16)9-7-12-6-8-14(22(4,18)19)10-13(12)11-21(2,3)17/h6-10,21H,5,11H2,1-4H3/b9-7+. The normalized spacial score (nSPS) is 13.3. The van der Waals surface area contributed by atoms with Crippen LogP contribution >= 0.6 is 0 Å². The van der Waals surface area contributed by atoms with Gasteiger partial charge in [0.2, 0.25) is 0 Å². The van der Waals surface area contributed by atoms with Crippen molar-refractivity contribution in [1.82, 2.24) is 0 Å². The molecule has 1 rings (SSSR count). The van der Waals surface area contributed by atoms with Gasteiger partial charge in [-0.1, -0.05) is 6.07 Å². The van der Waals surface area contributed by atoms with Gasteiger partial charge in [-0.25, -0.2) is 13.2 Å². The quantitative estimate of drug-likeness (QED) is 0.479. The molecule has 0 saturated heterocycles. The van der Waals surface area contributed by atoms with E-state index >= 15 is 0 Å². The molecule has 5 nitrogen and oxygen atoms in total. The summed E-state index contributed by atoms with van der Waals surface area (Å²) >= 11 is 0. The average molecular weight is 346 g/mol. The van der Waals surface area contributed by atoms with Gasteiger partial charge in [0.05, 0.1) is 11.5 Å². The number of hydrogen-bond acceptors (Lipinski definition) is 5. The third-order valence-electron chi connectivity index (χ3n) is 2.78. The van der Waals surface area contributed by atoms with Crippen molar-refractivity contribution in [2.45, 2.75) is 17.6 Å². The molecule has 1 aromatic rings. The molecule has 124 valence electrons. The Balaban J connectivity index is 3.26. The lowest BCUT2D eigenvalue weighted by molar-refractivity contribution is -0.137. The molecule has 0 aliphatic heterocycles. The van der Waals surface area contributed by atoms with Gasteiger partial charge in [-0.05, 0) is 48.8 Å². The van der Waals surface area contributed by atoms with Crippen LogP contribution in [0.2, 0.25) is 0 Å². The first-order valence-corrected chi connectivity index (χ1v) is 11.4. The van der Waals surface area contributed by atoms with Gasteiger partial charge in [0.25, 0.3) is 0 Å². The lowest BCUT2D eigenvalue weighted by atomic mass is 10.1. The molecule has 22 heavy (non-hydrogen) atoms. The number of sulfone groups is 1. The highest BCUT2D eigenvalue weighted by Crippen LogP contribution is 2.21. The van der Waals surface area contributed by atoms with E-state index in [9.17, 15) is 17.4 Å². The number of hydrogen-bond donors (Lipinski definition) is 1. The molecule has 0 aliphatic rings. The van der Waals surface area contributed by atoms with Crippen molar-refractivity contribution in [2.75, 3.05) is 25.4 Å². The van der Waals surface area contributed by atoms with Crippen LogP contribution in [0.25, 0.3) is 6.08 Å². The largest absolute Gasteiger partial charge is 0.463 e. The summed E-state index contributed by atoms with van der Waals surface area (Å²) in [4.78, 5) is 11.5. The number of thiol groups is 1. The summed E-state index contributed by atoms with van der Waals surface area (Å²) in [6.07, 6.45) is 7.23. The predicted molar refractivity (Wildman–Crippen MR) is 90.3 cm³/mol. The fourth-order valence-corrected chi connectivity index (χ4v) is 3.64. The van der Waals surface area contributed by atoms with E-state index in [0.717, 1.165) is 6.26 Å². The second-order valence-corrected chi connectivity index (χ2v) is 10.9. The molecule has 0 saturated carbocycles. The number of esters is 1. The van der Waals surface area contributed by atoms with Gasteiger partial charge >= 0.3 is 5.97 Å². The number of carbonyl (C=O) groups is 1. The molecule has 7 heteroatoms. The van der Waals surface area contributed by atoms with Crippen LogP contribution in [-0.4, -0.2) is 44.0 Å². The van der Waals surface area contributed by atoms with Crippen LogP contribution in [0.5, 0.6) is 0 Å². The number of ether oxygens (including phenoxy) is 1. The highest BCUT2D eigenvalue weighted by molar-refractivity contribution is 8.01. The summed E-state index contributed by atoms with van der Waals surface area (Å²) in [6, 6.07) is 4.59. The van der Waals surface area contributed by atoms with E-state index in [-0.39, 0.29) is 17.3 Å². The van der Waals surface area contributed by atoms with Gasteiger partial charge in [0.1, 0.15) is 0 Å². The molecule has 1 aromatic carbocycles. The maximum atomic E-state index is 12.1. The van der Waals surface area contributed by atoms with Gasteiger partial charge in [0, 0.05) is 18.1 Å². The summed E-state index contributed by atoms with van der Waals surface area (Å²) in [5.41, 5.74) is 1.29. The number of benzene rings is 1. The molecule has 0 atom stereocenters. The third kappa shape index (κ3) is 6.11. The van der Waals surface area contributed by atoms with Crippen molar-refractivity contribution >= 4 is 31.8 Å². The number of rotatable bonds is 6. The predicted octanol–water partition coefficient (Wildman–Crippen LogP) is 1.44. The van der Waals surface area contributed by atoms with Gasteiger partial charge in [-0.15, -0.1) is 9.93 Å². The molecular weight excluding hydrogens is 324 g/mol. The van der Waals surface area contributed by atoms with Gasteiger partial charge in [-0.2, -0.15) is 0 Å². The molecule has 0 heterocycles. The van der Waals surface area contributed by atoms with E-state index in [1.54, 1.807) is 31.6 Å². The van der Waals surface area contributed by atoms with Gasteiger partial charge < -0.3 is 4.74 Å². The Hall–Kier alpha value is -1.47. The molecule has 0 spiro atoms. The molecule has 0 N–H and O–H groups in total. The number of carbonyl (C=O) groups excluding carboxylic acids is 1. The van der Waals surface area contributed by atoms with Crippen LogP contribution < -0.4 is 0 Å². The first-order valence-electron chi connectivity index (χ1n) is 6.75. The highest BCUT2D eigenvalue weighted by atomic mass is 32.2. The molecule has 0 aromatic heterocycles. The Morgan fingerprint density at radius 3 is 2.45 bits per heavy atom. The van der Waals surface area contributed by atoms with Crippen molar-refractivity contribution < 1.29 is 22.2 Å². The van der Waals surface area contributed by atoms with E-state index in [2.05, 4.69) is 0 Å². The maximum Gasteiger partial charge on any atom is 0.330 e. The Morgan fingerprint density at radius 2 is 1.95 bits per heavy atom. The van der Waals surface area contributed by atoms with Crippen LogP contribution in [0, 0.1) is 0 Å². The van der Waals surface area contributed by atoms with Crippen LogP contribution in [0.1, 0.15) is 18.1 Å². The molecule has 0 radical (unpaired) electrons. The fraction of sp³-hybridized carbons (Fsp3) is 0.400. The Bertz CT molecular complexity index is 726. The molecule has 0 unspecified atom stereocenters. The third-order valence-corrected chi connectivity index (χ3v) is 4.99. The Morgan fingerprint density at radius 1 is 1.32 bits per heavy atom. The van der Waals surface area contributed by atoms with Crippen LogP contribution in [0.15, 0.2) is 29.2 Å². The van der Waals surface area contributed by atoms with Crippen LogP contribution in [-0.2, 0) is 35.1 Å². The SMILES string of the molecule is CCOC(=O)/C=C/c1ccc(S(C)(=O)=O)cc1C[SH](C)(C)=O. The fourth-order valence-electron chi connectivity index (χ4n) is 1.87. The van der Waals surface area contributed by atoms with Crippen molar-refractivity contribution in [3.05, 3.63) is 35.4 Å². The summed E-state index contributed by atoms with van der Waals surface area (Å²) in [7, 11) is -5.73. The zero-order valence-corrected chi connectivity index (χ0v) is 14.9. The first kappa shape index (κ1) is 18.6. The Labute approximate surface area is 132 Å². The minimum Gasteiger partial charge on any atom is -0.463 e. The van der Waals surface area contributed by atoms with Crippen molar-refractivity contribution in [2.24, 2.45) is 0 Å². The van der Waals surface area contributed by atoms with Crippen LogP contribution in [0.4, 0.5) is 0 Å². The average Bonchev–Trinajstić information content (AvgIpc) is 2.34. The van der Waals surface area contributed by atoms with Crippen LogP contribution in [0.3, 0.4) is 0 Å². The zero-order valence-electron chi connectivity index (χ0n) is 13.2. The lowest BCUT2D eigenvalue weighted by Gasteiger charge is -2.15. The van der Waals surface area contributed by atoms with E-state index in [0.29, 0.717) is 11.1 Å². The van der Waals surface area contributed by atoms with Crippen molar-refractivity contribution in [1.29, 1.82) is 0 Å². The monoisotopic (exact) mass is 346 g/mol. The second kappa shape index (κ2) is 7.19. The molecule has 0 fully saturated rings. The molecular formula is C15H22O5S2. The Kier molecular flexibility index (Phi) is 6.08. The first-order chi connectivity index (χ1) is 10.0. The van der Waals surface area contributed by atoms with E-state index in [1.165, 1.54) is 18.2 Å². The summed E-state index contributed by atoms with van der Waals surface area (Å²) in [6.45, 7) is 1.99. The minimum atomic E-state index is -3.34. The van der Waals surface area contributed by atoms with Gasteiger partial charge in [-0.3, -0.25) is 4.21 Å². The zero-order chi connectivity index (χ0) is 17.0. The minimum absolute atomic E-state index is 0.171. The lowest BCUT2D eigenvalue weighted by Crippen LogP contribution is -2.11. The summed E-state index contributed by atoms with van der Waals surface area (Å²) < 4.78 is 40.2. The molecule has 0 amide bonds. The van der Waals surface area contributed by atoms with Crippen molar-refractivity contribution in [3.8, 4) is 0 Å². The molecule has 0 aliphatic carbocycles. The summed E-state index contributed by atoms with van der Waals surface area (Å²) in [5.74, 6) is -0.212. The second-order valence-electron chi connectivity index (χ2n) is 5.45. The van der Waals surface area contributed by atoms with E-state index in [4.69, 9.17) is 4.74 Å². The smallest absolute Gasteiger partial charge is 0.330 e. The summed E-state index contributed by atoms with van der Waals surface area (Å²) in [5, 5.41) is 0.